The summed E-state index contributed by atoms with van der Waals surface area (Å²) in [4.78, 5) is 14.4. The number of nitrogens with zero attached hydrogens (tertiary/aromatic N) is 1. The number of rotatable bonds is 4. The molecule has 2 aromatic rings. The van der Waals surface area contributed by atoms with E-state index in [4.69, 9.17) is 4.42 Å². The summed E-state index contributed by atoms with van der Waals surface area (Å²) in [6.45, 7) is 6.10. The normalized spacial score (nSPS) is 19.3. The molecule has 1 saturated heterocycles. The van der Waals surface area contributed by atoms with Crippen LogP contribution in [0.1, 0.15) is 50.7 Å². The van der Waals surface area contributed by atoms with Crippen LogP contribution in [0.3, 0.4) is 0 Å². The first-order valence-corrected chi connectivity index (χ1v) is 8.65. The first kappa shape index (κ1) is 16.1. The average molecular weight is 315 g/mol. The fourth-order valence-corrected chi connectivity index (χ4v) is 3.67. The largest absolute Gasteiger partial charge is 0.508 e. The number of phenolic OH excluding ortho intramolecular Hbond substituents is 1. The Morgan fingerprint density at radius 3 is 2.78 bits per heavy atom. The zero-order valence-corrected chi connectivity index (χ0v) is 14.0. The first-order valence-electron chi connectivity index (χ1n) is 8.65. The summed E-state index contributed by atoms with van der Waals surface area (Å²) in [5, 5.41) is 11.0. The van der Waals surface area contributed by atoms with Gasteiger partial charge >= 0.3 is 5.63 Å². The summed E-state index contributed by atoms with van der Waals surface area (Å²) >= 11 is 0. The quantitative estimate of drug-likeness (QED) is 0.871. The van der Waals surface area contributed by atoms with Gasteiger partial charge in [-0.2, -0.15) is 0 Å². The lowest BCUT2D eigenvalue weighted by molar-refractivity contribution is 0.136. The number of benzene rings is 1. The molecule has 0 bridgehead atoms. The van der Waals surface area contributed by atoms with Crippen molar-refractivity contribution in [2.75, 3.05) is 6.54 Å². The van der Waals surface area contributed by atoms with Gasteiger partial charge in [0.15, 0.2) is 0 Å². The molecule has 4 heteroatoms. The van der Waals surface area contributed by atoms with E-state index in [0.29, 0.717) is 11.6 Å². The molecule has 0 radical (unpaired) electrons. The lowest BCUT2D eigenvalue weighted by Gasteiger charge is -2.35. The van der Waals surface area contributed by atoms with Gasteiger partial charge in [0.25, 0.3) is 0 Å². The van der Waals surface area contributed by atoms with E-state index in [1.807, 2.05) is 13.0 Å². The number of fused-ring (bicyclic) bond motifs is 1. The predicted molar refractivity (Wildman–Crippen MR) is 91.9 cm³/mol. The monoisotopic (exact) mass is 315 g/mol. The van der Waals surface area contributed by atoms with E-state index in [9.17, 15) is 9.90 Å². The van der Waals surface area contributed by atoms with Gasteiger partial charge in [0, 0.05) is 30.1 Å². The minimum atomic E-state index is -0.346. The number of piperidine rings is 1. The van der Waals surface area contributed by atoms with Gasteiger partial charge in [-0.25, -0.2) is 4.79 Å². The second kappa shape index (κ2) is 6.75. The third kappa shape index (κ3) is 3.27. The van der Waals surface area contributed by atoms with Gasteiger partial charge in [-0.05, 0) is 49.4 Å². The Kier molecular flexibility index (Phi) is 4.71. The average Bonchev–Trinajstić information content (AvgIpc) is 2.54. The lowest BCUT2D eigenvalue weighted by Crippen LogP contribution is -2.38. The van der Waals surface area contributed by atoms with Crippen LogP contribution in [0.2, 0.25) is 0 Å². The highest BCUT2D eigenvalue weighted by Gasteiger charge is 2.22. The Morgan fingerprint density at radius 1 is 1.22 bits per heavy atom. The van der Waals surface area contributed by atoms with E-state index >= 15 is 0 Å². The van der Waals surface area contributed by atoms with E-state index in [-0.39, 0.29) is 11.4 Å². The molecule has 0 saturated carbocycles. The van der Waals surface area contributed by atoms with Gasteiger partial charge in [-0.15, -0.1) is 0 Å². The second-order valence-corrected chi connectivity index (χ2v) is 6.45. The fraction of sp³-hybridized carbons (Fsp3) is 0.526. The van der Waals surface area contributed by atoms with Gasteiger partial charge in [0.1, 0.15) is 11.3 Å². The molecule has 3 rings (SSSR count). The molecule has 0 aliphatic carbocycles. The molecule has 0 spiro atoms. The van der Waals surface area contributed by atoms with E-state index in [0.717, 1.165) is 42.4 Å². The Labute approximate surface area is 136 Å². The van der Waals surface area contributed by atoms with Crippen LogP contribution in [0.25, 0.3) is 11.0 Å². The SMILES string of the molecule is CCc1cc2c(CN3CCCCC3CC)cc(=O)oc2cc1O. The van der Waals surface area contributed by atoms with Crippen LogP contribution in [-0.2, 0) is 13.0 Å². The van der Waals surface area contributed by atoms with Crippen molar-refractivity contribution < 1.29 is 9.52 Å². The molecule has 4 nitrogen and oxygen atoms in total. The summed E-state index contributed by atoms with van der Waals surface area (Å²) < 4.78 is 5.29. The third-order valence-corrected chi connectivity index (χ3v) is 5.00. The molecule has 23 heavy (non-hydrogen) atoms. The van der Waals surface area contributed by atoms with Crippen molar-refractivity contribution in [2.24, 2.45) is 0 Å². The molecule has 1 unspecified atom stereocenters. The maximum atomic E-state index is 11.9. The highest BCUT2D eigenvalue weighted by molar-refractivity contribution is 5.82. The molecule has 1 aliphatic heterocycles. The van der Waals surface area contributed by atoms with Crippen LogP contribution in [0.4, 0.5) is 0 Å². The zero-order chi connectivity index (χ0) is 16.4. The molecular formula is C19H25NO3. The number of aromatic hydroxyl groups is 1. The molecular weight excluding hydrogens is 290 g/mol. The van der Waals surface area contributed by atoms with Crippen LogP contribution in [-0.4, -0.2) is 22.6 Å². The number of phenols is 1. The number of aryl methyl sites for hydroxylation is 1. The molecule has 1 N–H and O–H groups in total. The van der Waals surface area contributed by atoms with Gasteiger partial charge in [-0.1, -0.05) is 20.3 Å². The molecule has 1 aliphatic rings. The number of likely N-dealkylation sites (tertiary alicyclic amines) is 1. The maximum absolute atomic E-state index is 11.9. The summed E-state index contributed by atoms with van der Waals surface area (Å²) in [6, 6.07) is 5.74. The van der Waals surface area contributed by atoms with E-state index < -0.39 is 0 Å². The van der Waals surface area contributed by atoms with E-state index in [2.05, 4.69) is 11.8 Å². The van der Waals surface area contributed by atoms with Gasteiger partial charge < -0.3 is 9.52 Å². The Balaban J connectivity index is 2.03. The predicted octanol–water partition coefficient (Wildman–Crippen LogP) is 3.83. The van der Waals surface area contributed by atoms with Crippen LogP contribution in [0.5, 0.6) is 5.75 Å². The fourth-order valence-electron chi connectivity index (χ4n) is 3.67. The lowest BCUT2D eigenvalue weighted by atomic mass is 9.98. The van der Waals surface area contributed by atoms with Gasteiger partial charge in [0.05, 0.1) is 0 Å². The van der Waals surface area contributed by atoms with Crippen molar-refractivity contribution in [1.82, 2.24) is 4.90 Å². The Morgan fingerprint density at radius 2 is 2.04 bits per heavy atom. The standard InChI is InChI=1S/C19H25NO3/c1-3-13-9-16-14(10-19(22)23-18(16)11-17(13)21)12-20-8-6-5-7-15(20)4-2/h9-11,15,21H,3-8,12H2,1-2H3. The van der Waals surface area contributed by atoms with Crippen molar-refractivity contribution in [3.63, 3.8) is 0 Å². The molecule has 1 aromatic heterocycles. The van der Waals surface area contributed by atoms with Crippen molar-refractivity contribution in [3.8, 4) is 5.75 Å². The van der Waals surface area contributed by atoms with Crippen LogP contribution in [0.15, 0.2) is 27.4 Å². The molecule has 1 atom stereocenters. The summed E-state index contributed by atoms with van der Waals surface area (Å²) in [7, 11) is 0. The molecule has 1 aromatic carbocycles. The van der Waals surface area contributed by atoms with Gasteiger partial charge in [-0.3, -0.25) is 4.90 Å². The molecule has 1 fully saturated rings. The summed E-state index contributed by atoms with van der Waals surface area (Å²) in [5.41, 5.74) is 2.03. The molecule has 2 heterocycles. The number of hydrogen-bond donors (Lipinski definition) is 1. The van der Waals surface area contributed by atoms with Crippen molar-refractivity contribution in [1.29, 1.82) is 0 Å². The minimum absolute atomic E-state index is 0.199. The smallest absolute Gasteiger partial charge is 0.336 e. The minimum Gasteiger partial charge on any atom is -0.508 e. The third-order valence-electron chi connectivity index (χ3n) is 5.00. The molecule has 0 amide bonds. The highest BCUT2D eigenvalue weighted by atomic mass is 16.4. The van der Waals surface area contributed by atoms with Crippen molar-refractivity contribution in [2.45, 2.75) is 58.5 Å². The van der Waals surface area contributed by atoms with E-state index in [1.54, 1.807) is 12.1 Å². The first-order chi connectivity index (χ1) is 11.1. The highest BCUT2D eigenvalue weighted by Crippen LogP contribution is 2.29. The summed E-state index contributed by atoms with van der Waals surface area (Å²) in [6.07, 6.45) is 5.64. The van der Waals surface area contributed by atoms with Crippen LogP contribution >= 0.6 is 0 Å². The Hall–Kier alpha value is -1.81. The molecule has 124 valence electrons. The van der Waals surface area contributed by atoms with Crippen LogP contribution < -0.4 is 5.63 Å². The van der Waals surface area contributed by atoms with E-state index in [1.165, 1.54) is 19.3 Å². The van der Waals surface area contributed by atoms with Crippen molar-refractivity contribution in [3.05, 3.63) is 39.7 Å². The Bertz CT molecular complexity index is 750. The van der Waals surface area contributed by atoms with Gasteiger partial charge in [0.2, 0.25) is 0 Å². The number of hydrogen-bond acceptors (Lipinski definition) is 4. The summed E-state index contributed by atoms with van der Waals surface area (Å²) in [5.74, 6) is 0.199. The van der Waals surface area contributed by atoms with Crippen LogP contribution in [0, 0.1) is 0 Å². The topological polar surface area (TPSA) is 53.7 Å². The second-order valence-electron chi connectivity index (χ2n) is 6.45. The van der Waals surface area contributed by atoms with Crippen molar-refractivity contribution >= 4 is 11.0 Å². The zero-order valence-electron chi connectivity index (χ0n) is 14.0. The maximum Gasteiger partial charge on any atom is 0.336 e.